The number of amides is 2. The lowest BCUT2D eigenvalue weighted by atomic mass is 10.1. The molecule has 7 nitrogen and oxygen atoms in total. The van der Waals surface area contributed by atoms with Gasteiger partial charge in [-0.15, -0.1) is 6.58 Å². The number of ether oxygens (including phenoxy) is 1. The third-order valence-corrected chi connectivity index (χ3v) is 3.26. The number of methoxy groups -OCH3 is 1. The maximum Gasteiger partial charge on any atom is 0.245 e. The number of carbonyl (C=O) groups excluding carboxylic acids is 2. The van der Waals surface area contributed by atoms with Crippen molar-refractivity contribution < 1.29 is 18.8 Å². The van der Waals surface area contributed by atoms with Gasteiger partial charge >= 0.3 is 0 Å². The van der Waals surface area contributed by atoms with Crippen LogP contribution in [-0.2, 0) is 16.0 Å². The van der Waals surface area contributed by atoms with Crippen molar-refractivity contribution in [1.29, 1.82) is 0 Å². The van der Waals surface area contributed by atoms with Crippen LogP contribution < -0.4 is 10.1 Å². The second kappa shape index (κ2) is 8.52. The summed E-state index contributed by atoms with van der Waals surface area (Å²) >= 11 is 0. The fraction of sp³-hybridized carbons (Fsp3) is 0.235. The monoisotopic (exact) mass is 329 g/mol. The van der Waals surface area contributed by atoms with Crippen molar-refractivity contribution in [2.24, 2.45) is 0 Å². The second-order valence-electron chi connectivity index (χ2n) is 5.02. The standard InChI is InChI=1S/C17H19N3O4/c1-3-9-20(12-16(21)18-15-8-10-24-19-15)17(22)11-13-4-6-14(23-2)7-5-13/h3-8,10H,1,9,11-12H2,2H3,(H,18,19,21). The van der Waals surface area contributed by atoms with Gasteiger partial charge < -0.3 is 19.5 Å². The van der Waals surface area contributed by atoms with Crippen LogP contribution in [0.2, 0.25) is 0 Å². The SMILES string of the molecule is C=CCN(CC(=O)Nc1ccon1)C(=O)Cc1ccc(OC)cc1. The molecule has 1 aromatic heterocycles. The molecule has 1 aromatic carbocycles. The predicted octanol–water partition coefficient (Wildman–Crippen LogP) is 1.88. The number of hydrogen-bond donors (Lipinski definition) is 1. The minimum atomic E-state index is -0.353. The Labute approximate surface area is 139 Å². The molecule has 2 amide bonds. The first-order valence-electron chi connectivity index (χ1n) is 7.34. The molecule has 0 aliphatic rings. The number of carbonyl (C=O) groups is 2. The minimum Gasteiger partial charge on any atom is -0.497 e. The molecule has 0 saturated carbocycles. The summed E-state index contributed by atoms with van der Waals surface area (Å²) in [6.07, 6.45) is 3.12. The summed E-state index contributed by atoms with van der Waals surface area (Å²) in [5.41, 5.74) is 0.840. The maximum absolute atomic E-state index is 12.4. The number of nitrogens with one attached hydrogen (secondary N) is 1. The van der Waals surface area contributed by atoms with E-state index < -0.39 is 0 Å². The fourth-order valence-electron chi connectivity index (χ4n) is 2.07. The predicted molar refractivity (Wildman–Crippen MR) is 88.6 cm³/mol. The van der Waals surface area contributed by atoms with Gasteiger partial charge in [0.1, 0.15) is 18.6 Å². The Morgan fingerprint density at radius 2 is 2.08 bits per heavy atom. The summed E-state index contributed by atoms with van der Waals surface area (Å²) in [5, 5.41) is 6.15. The van der Waals surface area contributed by atoms with Crippen LogP contribution in [0.15, 0.2) is 53.8 Å². The Morgan fingerprint density at radius 3 is 2.67 bits per heavy atom. The molecule has 0 bridgehead atoms. The van der Waals surface area contributed by atoms with Crippen LogP contribution in [0.4, 0.5) is 5.82 Å². The Balaban J connectivity index is 1.95. The fourth-order valence-corrected chi connectivity index (χ4v) is 2.07. The van der Waals surface area contributed by atoms with E-state index in [4.69, 9.17) is 4.74 Å². The number of nitrogens with zero attached hydrogens (tertiary/aromatic N) is 2. The van der Waals surface area contributed by atoms with Crippen LogP contribution in [0.25, 0.3) is 0 Å². The molecular formula is C17H19N3O4. The van der Waals surface area contributed by atoms with Gasteiger partial charge in [-0.3, -0.25) is 9.59 Å². The van der Waals surface area contributed by atoms with E-state index in [9.17, 15) is 9.59 Å². The van der Waals surface area contributed by atoms with Crippen LogP contribution in [0, 0.1) is 0 Å². The molecule has 2 aromatic rings. The van der Waals surface area contributed by atoms with Crippen LogP contribution in [0.1, 0.15) is 5.56 Å². The average Bonchev–Trinajstić information content (AvgIpc) is 3.08. The number of hydrogen-bond acceptors (Lipinski definition) is 5. The van der Waals surface area contributed by atoms with E-state index in [1.165, 1.54) is 17.2 Å². The largest absolute Gasteiger partial charge is 0.497 e. The zero-order valence-electron chi connectivity index (χ0n) is 13.4. The molecule has 24 heavy (non-hydrogen) atoms. The van der Waals surface area contributed by atoms with E-state index >= 15 is 0 Å². The molecule has 0 saturated heterocycles. The second-order valence-corrected chi connectivity index (χ2v) is 5.02. The lowest BCUT2D eigenvalue weighted by molar-refractivity contribution is -0.133. The van der Waals surface area contributed by atoms with Crippen molar-refractivity contribution in [2.45, 2.75) is 6.42 Å². The quantitative estimate of drug-likeness (QED) is 0.748. The molecule has 0 aliphatic carbocycles. The maximum atomic E-state index is 12.4. The van der Waals surface area contributed by atoms with Gasteiger partial charge in [-0.05, 0) is 17.7 Å². The van der Waals surface area contributed by atoms with Gasteiger partial charge in [0.15, 0.2) is 5.82 Å². The molecule has 1 heterocycles. The number of anilines is 1. The third-order valence-electron chi connectivity index (χ3n) is 3.26. The van der Waals surface area contributed by atoms with Crippen molar-refractivity contribution in [3.8, 4) is 5.75 Å². The molecule has 1 N–H and O–H groups in total. The Hall–Kier alpha value is -3.09. The highest BCUT2D eigenvalue weighted by Gasteiger charge is 2.17. The molecule has 0 atom stereocenters. The summed E-state index contributed by atoms with van der Waals surface area (Å²) < 4.78 is 9.73. The van der Waals surface area contributed by atoms with Crippen molar-refractivity contribution >= 4 is 17.6 Å². The number of rotatable bonds is 8. The number of aromatic nitrogens is 1. The summed E-state index contributed by atoms with van der Waals surface area (Å²) in [7, 11) is 1.58. The highest BCUT2D eigenvalue weighted by atomic mass is 16.5. The first-order valence-corrected chi connectivity index (χ1v) is 7.34. The zero-order valence-corrected chi connectivity index (χ0v) is 13.4. The summed E-state index contributed by atoms with van der Waals surface area (Å²) in [4.78, 5) is 25.8. The van der Waals surface area contributed by atoms with Crippen LogP contribution in [-0.4, -0.2) is 42.1 Å². The van der Waals surface area contributed by atoms with Gasteiger partial charge in [0.25, 0.3) is 0 Å². The first kappa shape index (κ1) is 17.3. The Bertz CT molecular complexity index is 680. The van der Waals surface area contributed by atoms with Crippen LogP contribution >= 0.6 is 0 Å². The molecule has 126 valence electrons. The molecular weight excluding hydrogens is 310 g/mol. The van der Waals surface area contributed by atoms with Gasteiger partial charge in [0.2, 0.25) is 11.8 Å². The van der Waals surface area contributed by atoms with Gasteiger partial charge in [-0.1, -0.05) is 23.4 Å². The molecule has 7 heteroatoms. The van der Waals surface area contributed by atoms with Crippen molar-refractivity contribution in [1.82, 2.24) is 10.1 Å². The number of benzene rings is 1. The zero-order chi connectivity index (χ0) is 17.4. The minimum absolute atomic E-state index is 0.0894. The summed E-state index contributed by atoms with van der Waals surface area (Å²) in [6.45, 7) is 3.82. The topological polar surface area (TPSA) is 84.7 Å². The lowest BCUT2D eigenvalue weighted by Crippen LogP contribution is -2.39. The Kier molecular flexibility index (Phi) is 6.13. The van der Waals surface area contributed by atoms with Crippen molar-refractivity contribution in [3.05, 3.63) is 54.8 Å². The van der Waals surface area contributed by atoms with Crippen molar-refractivity contribution in [3.63, 3.8) is 0 Å². The lowest BCUT2D eigenvalue weighted by Gasteiger charge is -2.20. The normalized spacial score (nSPS) is 10.0. The molecule has 0 aliphatic heterocycles. The summed E-state index contributed by atoms with van der Waals surface area (Å²) in [5.74, 6) is 0.506. The van der Waals surface area contributed by atoms with E-state index in [1.807, 2.05) is 12.1 Å². The highest BCUT2D eigenvalue weighted by molar-refractivity contribution is 5.94. The van der Waals surface area contributed by atoms with E-state index in [1.54, 1.807) is 25.3 Å². The van der Waals surface area contributed by atoms with Crippen molar-refractivity contribution in [2.75, 3.05) is 25.5 Å². The van der Waals surface area contributed by atoms with Gasteiger partial charge in [-0.2, -0.15) is 0 Å². The van der Waals surface area contributed by atoms with Gasteiger partial charge in [0, 0.05) is 12.6 Å². The molecule has 0 fully saturated rings. The Morgan fingerprint density at radius 1 is 1.33 bits per heavy atom. The van der Waals surface area contributed by atoms with E-state index in [2.05, 4.69) is 21.6 Å². The first-order chi connectivity index (χ1) is 11.6. The molecule has 0 spiro atoms. The highest BCUT2D eigenvalue weighted by Crippen LogP contribution is 2.12. The van der Waals surface area contributed by atoms with Crippen LogP contribution in [0.3, 0.4) is 0 Å². The summed E-state index contributed by atoms with van der Waals surface area (Å²) in [6, 6.07) is 8.74. The smallest absolute Gasteiger partial charge is 0.245 e. The molecule has 0 unspecified atom stereocenters. The van der Waals surface area contributed by atoms with Crippen LogP contribution in [0.5, 0.6) is 5.75 Å². The molecule has 0 radical (unpaired) electrons. The van der Waals surface area contributed by atoms with E-state index in [0.29, 0.717) is 5.82 Å². The van der Waals surface area contributed by atoms with E-state index in [-0.39, 0.29) is 31.3 Å². The van der Waals surface area contributed by atoms with E-state index in [0.717, 1.165) is 11.3 Å². The van der Waals surface area contributed by atoms with Gasteiger partial charge in [0.05, 0.1) is 13.5 Å². The average molecular weight is 329 g/mol. The van der Waals surface area contributed by atoms with Gasteiger partial charge in [-0.25, -0.2) is 0 Å². The molecule has 2 rings (SSSR count). The third kappa shape index (κ3) is 4.98.